The van der Waals surface area contributed by atoms with Crippen LogP contribution in [0.4, 0.5) is 10.1 Å². The van der Waals surface area contributed by atoms with E-state index in [0.29, 0.717) is 5.02 Å². The molecule has 0 spiro atoms. The van der Waals surface area contributed by atoms with E-state index in [4.69, 9.17) is 16.3 Å². The third kappa shape index (κ3) is 2.83. The van der Waals surface area contributed by atoms with Gasteiger partial charge in [-0.15, -0.1) is 0 Å². The van der Waals surface area contributed by atoms with E-state index in [1.165, 1.54) is 12.1 Å². The van der Waals surface area contributed by atoms with Crippen LogP contribution in [0.5, 0.6) is 0 Å². The summed E-state index contributed by atoms with van der Waals surface area (Å²) in [6.45, 7) is 1.56. The average molecular weight is 230 g/mol. The molecule has 1 heterocycles. The maximum Gasteiger partial charge on any atom is 0.124 e. The summed E-state index contributed by atoms with van der Waals surface area (Å²) < 4.78 is 18.2. The van der Waals surface area contributed by atoms with Crippen molar-refractivity contribution in [3.63, 3.8) is 0 Å². The van der Waals surface area contributed by atoms with E-state index >= 15 is 0 Å². The van der Waals surface area contributed by atoms with Gasteiger partial charge in [0, 0.05) is 13.2 Å². The first-order chi connectivity index (χ1) is 7.25. The zero-order valence-electron chi connectivity index (χ0n) is 8.30. The summed E-state index contributed by atoms with van der Waals surface area (Å²) >= 11 is 5.87. The fourth-order valence-electron chi connectivity index (χ4n) is 1.66. The summed E-state index contributed by atoms with van der Waals surface area (Å²) in [4.78, 5) is 0. The number of hydrogen-bond donors (Lipinski definition) is 1. The number of rotatable bonds is 3. The average Bonchev–Trinajstić information content (AvgIpc) is 2.69. The Bertz CT molecular complexity index is 339. The lowest BCUT2D eigenvalue weighted by Gasteiger charge is -2.12. The summed E-state index contributed by atoms with van der Waals surface area (Å²) in [6, 6.07) is 4.34. The van der Waals surface area contributed by atoms with E-state index in [2.05, 4.69) is 5.32 Å². The highest BCUT2D eigenvalue weighted by molar-refractivity contribution is 6.33. The molecule has 1 saturated heterocycles. The van der Waals surface area contributed by atoms with E-state index in [-0.39, 0.29) is 11.9 Å². The van der Waals surface area contributed by atoms with Gasteiger partial charge < -0.3 is 10.1 Å². The Balaban J connectivity index is 1.92. The van der Waals surface area contributed by atoms with Gasteiger partial charge in [0.25, 0.3) is 0 Å². The van der Waals surface area contributed by atoms with Crippen molar-refractivity contribution in [3.05, 3.63) is 29.0 Å². The summed E-state index contributed by atoms with van der Waals surface area (Å²) in [7, 11) is 0. The second-order valence-corrected chi connectivity index (χ2v) is 4.05. The van der Waals surface area contributed by atoms with Crippen molar-refractivity contribution in [2.75, 3.05) is 18.5 Å². The van der Waals surface area contributed by atoms with Crippen LogP contribution in [-0.2, 0) is 4.74 Å². The number of halogens is 2. The zero-order valence-corrected chi connectivity index (χ0v) is 9.06. The van der Waals surface area contributed by atoms with Crippen LogP contribution in [0, 0.1) is 5.82 Å². The number of benzene rings is 1. The Morgan fingerprint density at radius 1 is 1.53 bits per heavy atom. The van der Waals surface area contributed by atoms with E-state index in [1.54, 1.807) is 6.07 Å². The molecule has 0 radical (unpaired) electrons. The molecule has 1 aliphatic heterocycles. The second kappa shape index (κ2) is 4.81. The molecule has 0 saturated carbocycles. The van der Waals surface area contributed by atoms with E-state index in [9.17, 15) is 4.39 Å². The van der Waals surface area contributed by atoms with Crippen molar-refractivity contribution in [3.8, 4) is 0 Å². The molecule has 0 amide bonds. The van der Waals surface area contributed by atoms with Gasteiger partial charge >= 0.3 is 0 Å². The minimum Gasteiger partial charge on any atom is -0.381 e. The van der Waals surface area contributed by atoms with Gasteiger partial charge in [0.2, 0.25) is 0 Å². The molecule has 2 nitrogen and oxygen atoms in total. The Hall–Kier alpha value is -0.800. The van der Waals surface area contributed by atoms with Crippen molar-refractivity contribution in [2.45, 2.75) is 18.9 Å². The molecule has 1 fully saturated rings. The molecule has 1 N–H and O–H groups in total. The van der Waals surface area contributed by atoms with Gasteiger partial charge in [0.05, 0.1) is 16.8 Å². The third-order valence-corrected chi connectivity index (χ3v) is 2.79. The first kappa shape index (κ1) is 10.7. The topological polar surface area (TPSA) is 21.3 Å². The minimum absolute atomic E-state index is 0.256. The highest BCUT2D eigenvalue weighted by Gasteiger charge is 2.15. The van der Waals surface area contributed by atoms with Gasteiger partial charge in [-0.1, -0.05) is 11.6 Å². The maximum absolute atomic E-state index is 12.8. The lowest BCUT2D eigenvalue weighted by atomic mass is 10.2. The Kier molecular flexibility index (Phi) is 3.44. The fourth-order valence-corrected chi connectivity index (χ4v) is 1.90. The van der Waals surface area contributed by atoms with Gasteiger partial charge in [0.1, 0.15) is 5.82 Å². The van der Waals surface area contributed by atoms with Gasteiger partial charge in [-0.3, -0.25) is 0 Å². The first-order valence-electron chi connectivity index (χ1n) is 5.06. The lowest BCUT2D eigenvalue weighted by Crippen LogP contribution is -2.18. The van der Waals surface area contributed by atoms with Crippen LogP contribution in [0.25, 0.3) is 0 Å². The quantitative estimate of drug-likeness (QED) is 0.860. The maximum atomic E-state index is 12.8. The molecule has 15 heavy (non-hydrogen) atoms. The van der Waals surface area contributed by atoms with Crippen LogP contribution in [0.2, 0.25) is 5.02 Å². The highest BCUT2D eigenvalue weighted by Crippen LogP contribution is 2.23. The molecule has 1 aliphatic rings. The number of hydrogen-bond acceptors (Lipinski definition) is 2. The van der Waals surface area contributed by atoms with Crippen LogP contribution < -0.4 is 5.32 Å². The Morgan fingerprint density at radius 2 is 2.40 bits per heavy atom. The van der Waals surface area contributed by atoms with Crippen LogP contribution in [0.1, 0.15) is 12.8 Å². The second-order valence-electron chi connectivity index (χ2n) is 3.64. The van der Waals surface area contributed by atoms with Crippen LogP contribution in [0.15, 0.2) is 18.2 Å². The van der Waals surface area contributed by atoms with Crippen molar-refractivity contribution < 1.29 is 9.13 Å². The smallest absolute Gasteiger partial charge is 0.124 e. The Labute approximate surface area is 93.4 Å². The van der Waals surface area contributed by atoms with Crippen LogP contribution >= 0.6 is 11.6 Å². The van der Waals surface area contributed by atoms with Gasteiger partial charge in [0.15, 0.2) is 0 Å². The molecule has 82 valence electrons. The normalized spacial score (nSPS) is 20.5. The number of nitrogens with one attached hydrogen (secondary N) is 1. The largest absolute Gasteiger partial charge is 0.381 e. The Morgan fingerprint density at radius 3 is 3.07 bits per heavy atom. The monoisotopic (exact) mass is 229 g/mol. The zero-order chi connectivity index (χ0) is 10.7. The van der Waals surface area contributed by atoms with Gasteiger partial charge in [-0.2, -0.15) is 0 Å². The van der Waals surface area contributed by atoms with Crippen LogP contribution in [-0.4, -0.2) is 19.3 Å². The fraction of sp³-hybridized carbons (Fsp3) is 0.455. The SMILES string of the molecule is Fc1ccc(NCC2CCCO2)c(Cl)c1. The number of ether oxygens (including phenoxy) is 1. The molecule has 1 aromatic carbocycles. The molecule has 0 aliphatic carbocycles. The van der Waals surface area contributed by atoms with Crippen molar-refractivity contribution in [1.29, 1.82) is 0 Å². The molecule has 1 atom stereocenters. The molecule has 1 unspecified atom stereocenters. The lowest BCUT2D eigenvalue weighted by molar-refractivity contribution is 0.120. The summed E-state index contributed by atoms with van der Waals surface area (Å²) in [5.74, 6) is -0.317. The van der Waals surface area contributed by atoms with E-state index in [0.717, 1.165) is 31.7 Å². The van der Waals surface area contributed by atoms with Crippen molar-refractivity contribution in [2.24, 2.45) is 0 Å². The van der Waals surface area contributed by atoms with Gasteiger partial charge in [-0.05, 0) is 31.0 Å². The summed E-state index contributed by atoms with van der Waals surface area (Å²) in [5, 5.41) is 3.57. The van der Waals surface area contributed by atoms with E-state index < -0.39 is 0 Å². The molecule has 4 heteroatoms. The summed E-state index contributed by atoms with van der Waals surface area (Å²) in [5.41, 5.74) is 0.758. The summed E-state index contributed by atoms with van der Waals surface area (Å²) in [6.07, 6.45) is 2.45. The first-order valence-corrected chi connectivity index (χ1v) is 5.44. The number of anilines is 1. The third-order valence-electron chi connectivity index (χ3n) is 2.48. The van der Waals surface area contributed by atoms with E-state index in [1.807, 2.05) is 0 Å². The molecule has 1 aromatic rings. The molecular weight excluding hydrogens is 217 g/mol. The standard InChI is InChI=1S/C11H13ClFNO/c12-10-6-8(13)3-4-11(10)14-7-9-2-1-5-15-9/h3-4,6,9,14H,1-2,5,7H2. The predicted octanol–water partition coefficient (Wildman–Crippen LogP) is 3.07. The van der Waals surface area contributed by atoms with Crippen LogP contribution in [0.3, 0.4) is 0 Å². The van der Waals surface area contributed by atoms with Gasteiger partial charge in [-0.25, -0.2) is 4.39 Å². The molecule has 2 rings (SSSR count). The molecular formula is C11H13ClFNO. The highest BCUT2D eigenvalue weighted by atomic mass is 35.5. The minimum atomic E-state index is -0.317. The van der Waals surface area contributed by atoms with Crippen molar-refractivity contribution >= 4 is 17.3 Å². The molecule has 0 aromatic heterocycles. The van der Waals surface area contributed by atoms with Crippen molar-refractivity contribution in [1.82, 2.24) is 0 Å². The predicted molar refractivity (Wildman–Crippen MR) is 58.9 cm³/mol. The molecule has 0 bridgehead atoms.